The summed E-state index contributed by atoms with van der Waals surface area (Å²) in [6.07, 6.45) is 1.51. The second-order valence-corrected chi connectivity index (χ2v) is 5.35. The van der Waals surface area contributed by atoms with E-state index in [-0.39, 0.29) is 17.6 Å². The number of piperidine rings is 1. The summed E-state index contributed by atoms with van der Waals surface area (Å²) in [5.41, 5.74) is 1.35. The van der Waals surface area contributed by atoms with Crippen LogP contribution in [0.5, 0.6) is 0 Å². The van der Waals surface area contributed by atoms with E-state index in [2.05, 4.69) is 5.16 Å². The van der Waals surface area contributed by atoms with Crippen LogP contribution in [0.1, 0.15) is 45.4 Å². The van der Waals surface area contributed by atoms with Crippen molar-refractivity contribution >= 4 is 11.9 Å². The number of carboxylic acids is 1. The molecule has 1 aromatic heterocycles. The van der Waals surface area contributed by atoms with E-state index in [1.165, 1.54) is 6.07 Å². The average molecular weight is 300 g/mol. The van der Waals surface area contributed by atoms with Crippen molar-refractivity contribution in [1.82, 2.24) is 10.1 Å². The highest BCUT2D eigenvalue weighted by molar-refractivity contribution is 5.94. The van der Waals surface area contributed by atoms with Crippen LogP contribution in [0.3, 0.4) is 0 Å². The van der Waals surface area contributed by atoms with Gasteiger partial charge < -0.3 is 14.5 Å². The number of carbonyl (C=O) groups is 2. The summed E-state index contributed by atoms with van der Waals surface area (Å²) in [5.74, 6) is -1.09. The minimum atomic E-state index is -1.12. The zero-order valence-electron chi connectivity index (χ0n) is 11.9. The molecule has 22 heavy (non-hydrogen) atoms. The van der Waals surface area contributed by atoms with Gasteiger partial charge in [0.1, 0.15) is 0 Å². The molecule has 0 spiro atoms. The SMILES string of the molecule is O=C(O)c1cc(C2CCN(C(=O)c3ccccc3)CC2)no1. The normalized spacial score (nSPS) is 15.7. The molecule has 1 aromatic carbocycles. The summed E-state index contributed by atoms with van der Waals surface area (Å²) in [7, 11) is 0. The highest BCUT2D eigenvalue weighted by Gasteiger charge is 2.27. The number of hydrogen-bond donors (Lipinski definition) is 1. The lowest BCUT2D eigenvalue weighted by Crippen LogP contribution is -2.37. The molecule has 6 heteroatoms. The third-order valence-corrected chi connectivity index (χ3v) is 3.96. The predicted octanol–water partition coefficient (Wildman–Crippen LogP) is 2.39. The van der Waals surface area contributed by atoms with E-state index in [9.17, 15) is 9.59 Å². The van der Waals surface area contributed by atoms with Gasteiger partial charge in [-0.3, -0.25) is 4.79 Å². The number of amides is 1. The number of carboxylic acid groups (broad SMARTS) is 1. The molecule has 114 valence electrons. The molecule has 0 unspecified atom stereocenters. The fourth-order valence-corrected chi connectivity index (χ4v) is 2.72. The number of carbonyl (C=O) groups excluding carboxylic acids is 1. The van der Waals surface area contributed by atoms with Crippen LogP contribution >= 0.6 is 0 Å². The quantitative estimate of drug-likeness (QED) is 0.941. The number of hydrogen-bond acceptors (Lipinski definition) is 4. The number of rotatable bonds is 3. The van der Waals surface area contributed by atoms with E-state index in [1.54, 1.807) is 0 Å². The first-order valence-corrected chi connectivity index (χ1v) is 7.19. The van der Waals surface area contributed by atoms with Crippen LogP contribution in [0.2, 0.25) is 0 Å². The number of nitrogens with zero attached hydrogens (tertiary/aromatic N) is 2. The Morgan fingerprint density at radius 1 is 1.18 bits per heavy atom. The van der Waals surface area contributed by atoms with Crippen molar-refractivity contribution in [2.24, 2.45) is 0 Å². The number of likely N-dealkylation sites (tertiary alicyclic amines) is 1. The molecule has 1 aliphatic rings. The topological polar surface area (TPSA) is 83.6 Å². The molecule has 0 radical (unpaired) electrons. The average Bonchev–Trinajstić information content (AvgIpc) is 3.05. The van der Waals surface area contributed by atoms with Crippen molar-refractivity contribution in [3.8, 4) is 0 Å². The number of aromatic carboxylic acids is 1. The Bertz CT molecular complexity index is 672. The molecular weight excluding hydrogens is 284 g/mol. The summed E-state index contributed by atoms with van der Waals surface area (Å²) in [4.78, 5) is 25.0. The van der Waals surface area contributed by atoms with Crippen molar-refractivity contribution in [3.05, 3.63) is 53.4 Å². The Morgan fingerprint density at radius 3 is 2.45 bits per heavy atom. The van der Waals surface area contributed by atoms with Gasteiger partial charge in [0.25, 0.3) is 5.91 Å². The predicted molar refractivity (Wildman–Crippen MR) is 77.8 cm³/mol. The second kappa shape index (κ2) is 6.01. The lowest BCUT2D eigenvalue weighted by Gasteiger charge is -2.31. The second-order valence-electron chi connectivity index (χ2n) is 5.35. The van der Waals surface area contributed by atoms with Crippen LogP contribution in [0.4, 0.5) is 0 Å². The van der Waals surface area contributed by atoms with Gasteiger partial charge in [0.05, 0.1) is 5.69 Å². The highest BCUT2D eigenvalue weighted by atomic mass is 16.5. The molecule has 3 rings (SSSR count). The molecule has 1 amide bonds. The molecule has 0 saturated carbocycles. The molecule has 1 N–H and O–H groups in total. The maximum absolute atomic E-state index is 12.4. The third-order valence-electron chi connectivity index (χ3n) is 3.96. The molecule has 1 saturated heterocycles. The van der Waals surface area contributed by atoms with Crippen LogP contribution in [-0.4, -0.2) is 40.1 Å². The molecule has 0 bridgehead atoms. The van der Waals surface area contributed by atoms with Gasteiger partial charge in [0.15, 0.2) is 0 Å². The zero-order chi connectivity index (χ0) is 15.5. The summed E-state index contributed by atoms with van der Waals surface area (Å²) in [6, 6.07) is 10.7. The molecule has 1 aliphatic heterocycles. The summed E-state index contributed by atoms with van der Waals surface area (Å²) >= 11 is 0. The fourth-order valence-electron chi connectivity index (χ4n) is 2.72. The molecule has 2 aromatic rings. The van der Waals surface area contributed by atoms with Gasteiger partial charge in [-0.25, -0.2) is 4.79 Å². The van der Waals surface area contributed by atoms with Crippen LogP contribution < -0.4 is 0 Å². The zero-order valence-corrected chi connectivity index (χ0v) is 11.9. The molecular formula is C16H16N2O4. The van der Waals surface area contributed by atoms with E-state index in [0.717, 1.165) is 12.8 Å². The lowest BCUT2D eigenvalue weighted by atomic mass is 9.93. The van der Waals surface area contributed by atoms with Crippen molar-refractivity contribution in [3.63, 3.8) is 0 Å². The summed E-state index contributed by atoms with van der Waals surface area (Å²) < 4.78 is 4.79. The Morgan fingerprint density at radius 2 is 1.86 bits per heavy atom. The van der Waals surface area contributed by atoms with Gasteiger partial charge in [-0.05, 0) is 25.0 Å². The Balaban J connectivity index is 1.62. The Kier molecular flexibility index (Phi) is 3.91. The Labute approximate surface area is 127 Å². The van der Waals surface area contributed by atoms with Crippen LogP contribution in [-0.2, 0) is 0 Å². The van der Waals surface area contributed by atoms with Crippen molar-refractivity contribution in [2.75, 3.05) is 13.1 Å². The van der Waals surface area contributed by atoms with Gasteiger partial charge in [-0.1, -0.05) is 23.4 Å². The van der Waals surface area contributed by atoms with Gasteiger partial charge in [-0.15, -0.1) is 0 Å². The monoisotopic (exact) mass is 300 g/mol. The number of aromatic nitrogens is 1. The Hall–Kier alpha value is -2.63. The van der Waals surface area contributed by atoms with E-state index >= 15 is 0 Å². The smallest absolute Gasteiger partial charge is 0.374 e. The minimum Gasteiger partial charge on any atom is -0.475 e. The van der Waals surface area contributed by atoms with Crippen LogP contribution in [0.25, 0.3) is 0 Å². The van der Waals surface area contributed by atoms with Crippen LogP contribution in [0, 0.1) is 0 Å². The molecule has 1 fully saturated rings. The van der Waals surface area contributed by atoms with Crippen molar-refractivity contribution in [1.29, 1.82) is 0 Å². The van der Waals surface area contributed by atoms with Gasteiger partial charge >= 0.3 is 5.97 Å². The third kappa shape index (κ3) is 2.86. The first-order valence-electron chi connectivity index (χ1n) is 7.19. The van der Waals surface area contributed by atoms with Crippen molar-refractivity contribution < 1.29 is 19.2 Å². The van der Waals surface area contributed by atoms with E-state index in [0.29, 0.717) is 24.3 Å². The van der Waals surface area contributed by atoms with Crippen LogP contribution in [0.15, 0.2) is 40.9 Å². The van der Waals surface area contributed by atoms with E-state index < -0.39 is 5.97 Å². The summed E-state index contributed by atoms with van der Waals surface area (Å²) in [5, 5.41) is 12.7. The van der Waals surface area contributed by atoms with E-state index in [4.69, 9.17) is 9.63 Å². The van der Waals surface area contributed by atoms with Crippen molar-refractivity contribution in [2.45, 2.75) is 18.8 Å². The largest absolute Gasteiger partial charge is 0.475 e. The summed E-state index contributed by atoms with van der Waals surface area (Å²) in [6.45, 7) is 1.27. The van der Waals surface area contributed by atoms with Gasteiger partial charge in [0, 0.05) is 30.6 Å². The van der Waals surface area contributed by atoms with Gasteiger partial charge in [-0.2, -0.15) is 0 Å². The highest BCUT2D eigenvalue weighted by Crippen LogP contribution is 2.28. The maximum atomic E-state index is 12.4. The first-order chi connectivity index (χ1) is 10.6. The number of benzene rings is 1. The first kappa shape index (κ1) is 14.3. The van der Waals surface area contributed by atoms with E-state index in [1.807, 2.05) is 35.2 Å². The lowest BCUT2D eigenvalue weighted by molar-refractivity contribution is 0.0649. The minimum absolute atomic E-state index is 0.0328. The molecule has 0 aliphatic carbocycles. The fraction of sp³-hybridized carbons (Fsp3) is 0.312. The maximum Gasteiger partial charge on any atom is 0.374 e. The van der Waals surface area contributed by atoms with Gasteiger partial charge in [0.2, 0.25) is 5.76 Å². The molecule has 6 nitrogen and oxygen atoms in total. The molecule has 0 atom stereocenters. The standard InChI is InChI=1S/C16H16N2O4/c19-15(12-4-2-1-3-5-12)18-8-6-11(7-9-18)13-10-14(16(20)21)22-17-13/h1-5,10-11H,6-9H2,(H,20,21). The molecule has 2 heterocycles.